The maximum absolute atomic E-state index is 14.2. The van der Waals surface area contributed by atoms with Crippen LogP contribution in [0.1, 0.15) is 37.3 Å². The predicted molar refractivity (Wildman–Crippen MR) is 174 cm³/mol. The third-order valence-corrected chi connectivity index (χ3v) is 10.3. The van der Waals surface area contributed by atoms with Crippen LogP contribution in [0.3, 0.4) is 0 Å². The monoisotopic (exact) mass is 672 g/mol. The minimum absolute atomic E-state index is 0.0163. The van der Waals surface area contributed by atoms with Gasteiger partial charge in [-0.2, -0.15) is 4.31 Å². The van der Waals surface area contributed by atoms with E-state index in [4.69, 9.17) is 18.9 Å². The molecule has 3 N–H and O–H groups in total. The van der Waals surface area contributed by atoms with Gasteiger partial charge in [0.25, 0.3) is 0 Å². The van der Waals surface area contributed by atoms with Crippen LogP contribution in [0.15, 0.2) is 58.4 Å². The van der Waals surface area contributed by atoms with Crippen molar-refractivity contribution in [2.75, 3.05) is 51.9 Å². The fraction of sp³-hybridized carbons (Fsp3) is 0.545. The molecule has 2 aromatic rings. The molecular weight excluding hydrogens is 628 g/mol. The smallest absolute Gasteiger partial charge is 0.407 e. The minimum atomic E-state index is -4.15. The molecule has 2 saturated heterocycles. The maximum atomic E-state index is 14.2. The summed E-state index contributed by atoms with van der Waals surface area (Å²) in [6.45, 7) is 5.09. The van der Waals surface area contributed by atoms with Gasteiger partial charge in [0.1, 0.15) is 12.0 Å². The Bertz CT molecular complexity index is 1520. The lowest BCUT2D eigenvalue weighted by atomic mass is 10.0. The number of benzene rings is 2. The maximum Gasteiger partial charge on any atom is 0.407 e. The Morgan fingerprint density at radius 1 is 1.19 bits per heavy atom. The molecule has 2 fully saturated rings. The molecule has 3 aliphatic heterocycles. The van der Waals surface area contributed by atoms with E-state index in [1.165, 1.54) is 22.7 Å². The van der Waals surface area contributed by atoms with Crippen LogP contribution in [0.2, 0.25) is 0 Å². The van der Waals surface area contributed by atoms with Crippen LogP contribution >= 0.6 is 0 Å². The summed E-state index contributed by atoms with van der Waals surface area (Å²) in [5.41, 5.74) is 1.86. The van der Waals surface area contributed by atoms with Gasteiger partial charge in [-0.05, 0) is 48.1 Å². The lowest BCUT2D eigenvalue weighted by Gasteiger charge is -2.31. The zero-order valence-electron chi connectivity index (χ0n) is 26.9. The summed E-state index contributed by atoms with van der Waals surface area (Å²) in [6, 6.07) is 12.9. The van der Waals surface area contributed by atoms with Crippen molar-refractivity contribution in [3.63, 3.8) is 0 Å². The first-order valence-corrected chi connectivity index (χ1v) is 17.4. The number of carbonyl (C=O) groups excluding carboxylic acids is 2. The summed E-state index contributed by atoms with van der Waals surface area (Å²) in [6.07, 6.45) is -0.433. The van der Waals surface area contributed by atoms with Gasteiger partial charge >= 0.3 is 6.09 Å². The lowest BCUT2D eigenvalue weighted by molar-refractivity contribution is -0.115. The highest BCUT2D eigenvalue weighted by molar-refractivity contribution is 7.89. The fourth-order valence-corrected chi connectivity index (χ4v) is 7.74. The number of ether oxygens (including phenoxy) is 4. The number of nitrogens with zero attached hydrogens (tertiary/aromatic N) is 2. The fourth-order valence-electron chi connectivity index (χ4n) is 6.08. The first-order chi connectivity index (χ1) is 22.6. The molecule has 0 spiro atoms. The van der Waals surface area contributed by atoms with Gasteiger partial charge in [0.2, 0.25) is 15.9 Å². The molecule has 3 aliphatic rings. The van der Waals surface area contributed by atoms with Gasteiger partial charge in [-0.25, -0.2) is 13.2 Å². The molecule has 0 saturated carbocycles. The van der Waals surface area contributed by atoms with E-state index in [0.717, 1.165) is 12.0 Å². The van der Waals surface area contributed by atoms with Crippen molar-refractivity contribution in [2.45, 2.75) is 62.0 Å². The summed E-state index contributed by atoms with van der Waals surface area (Å²) < 4.78 is 51.4. The van der Waals surface area contributed by atoms with E-state index in [1.807, 2.05) is 44.2 Å². The number of aliphatic imine (C=N–C) groups is 1. The van der Waals surface area contributed by atoms with Crippen LogP contribution in [-0.4, -0.2) is 107 Å². The van der Waals surface area contributed by atoms with Gasteiger partial charge in [-0.1, -0.05) is 44.2 Å². The highest BCUT2D eigenvalue weighted by Gasteiger charge is 2.44. The molecule has 47 heavy (non-hydrogen) atoms. The van der Waals surface area contributed by atoms with Crippen molar-refractivity contribution in [1.29, 1.82) is 0 Å². The number of rotatable bonds is 15. The number of anilines is 1. The van der Waals surface area contributed by atoms with Crippen molar-refractivity contribution >= 4 is 33.9 Å². The van der Waals surface area contributed by atoms with Crippen LogP contribution < -0.4 is 10.6 Å². The normalized spacial score (nSPS) is 23.6. The standard InChI is InChI=1S/C33H44N4O9S/c1-21(2)18-37(47(41,42)23-9-10-27-25(16-23)26(31(39)35-27)17-34-12-14-43-3)19-29(38)28(15-22-7-5-4-6-8-22)36-33(40)46-30-20-45-32-24(30)11-13-44-32/h4-10,16-17,21,24,26,28-30,32,38H,11-15,18-20H2,1-3H3,(H,35,39)(H,36,40). The molecular formula is C33H44N4O9S. The Balaban J connectivity index is 1.35. The molecule has 5 rings (SSSR count). The highest BCUT2D eigenvalue weighted by Crippen LogP contribution is 2.35. The largest absolute Gasteiger partial charge is 0.443 e. The summed E-state index contributed by atoms with van der Waals surface area (Å²) in [5, 5.41) is 17.2. The Labute approximate surface area is 275 Å². The van der Waals surface area contributed by atoms with E-state index in [-0.39, 0.29) is 55.0 Å². The number of fused-ring (bicyclic) bond motifs is 2. The molecule has 0 aliphatic carbocycles. The third-order valence-electron chi connectivity index (χ3n) is 8.48. The quantitative estimate of drug-likeness (QED) is 0.191. The number of sulfonamides is 1. The summed E-state index contributed by atoms with van der Waals surface area (Å²) >= 11 is 0. The molecule has 13 nitrogen and oxygen atoms in total. The summed E-state index contributed by atoms with van der Waals surface area (Å²) in [7, 11) is -2.59. The molecule has 2 amide bonds. The Morgan fingerprint density at radius 2 is 1.98 bits per heavy atom. The molecule has 0 bridgehead atoms. The topological polar surface area (TPSA) is 165 Å². The van der Waals surface area contributed by atoms with Crippen LogP contribution in [0.5, 0.6) is 0 Å². The van der Waals surface area contributed by atoms with E-state index in [0.29, 0.717) is 31.0 Å². The van der Waals surface area contributed by atoms with Gasteiger partial charge in [0.15, 0.2) is 6.29 Å². The number of alkyl carbamates (subject to hydrolysis) is 1. The molecule has 3 heterocycles. The number of carbonyl (C=O) groups is 2. The van der Waals surface area contributed by atoms with E-state index < -0.39 is 40.3 Å². The summed E-state index contributed by atoms with van der Waals surface area (Å²) in [5.74, 6) is -1.18. The Hall–Kier alpha value is -3.40. The van der Waals surface area contributed by atoms with Crippen molar-refractivity contribution in [1.82, 2.24) is 9.62 Å². The average molecular weight is 673 g/mol. The van der Waals surface area contributed by atoms with Crippen LogP contribution in [0.4, 0.5) is 10.5 Å². The Kier molecular flexibility index (Phi) is 11.6. The van der Waals surface area contributed by atoms with Crippen LogP contribution in [-0.2, 0) is 40.2 Å². The van der Waals surface area contributed by atoms with Gasteiger partial charge in [-0.3, -0.25) is 9.79 Å². The number of aliphatic hydroxyl groups excluding tert-OH is 1. The molecule has 14 heteroatoms. The second-order valence-corrected chi connectivity index (χ2v) is 14.4. The van der Waals surface area contributed by atoms with Crippen LogP contribution in [0.25, 0.3) is 0 Å². The lowest BCUT2D eigenvalue weighted by Crippen LogP contribution is -2.51. The molecule has 256 valence electrons. The number of amides is 2. The summed E-state index contributed by atoms with van der Waals surface area (Å²) in [4.78, 5) is 30.0. The zero-order chi connectivity index (χ0) is 33.6. The zero-order valence-corrected chi connectivity index (χ0v) is 27.7. The van der Waals surface area contributed by atoms with Gasteiger partial charge in [-0.15, -0.1) is 0 Å². The van der Waals surface area contributed by atoms with Gasteiger partial charge in [0, 0.05) is 32.1 Å². The van der Waals surface area contributed by atoms with E-state index in [2.05, 4.69) is 15.6 Å². The number of aliphatic hydroxyl groups is 1. The highest BCUT2D eigenvalue weighted by atomic mass is 32.2. The second-order valence-electron chi connectivity index (χ2n) is 12.5. The minimum Gasteiger partial charge on any atom is -0.443 e. The van der Waals surface area contributed by atoms with E-state index in [9.17, 15) is 23.1 Å². The van der Waals surface area contributed by atoms with Crippen molar-refractivity contribution < 1.29 is 42.1 Å². The molecule has 6 unspecified atom stereocenters. The molecule has 6 atom stereocenters. The molecule has 0 aromatic heterocycles. The van der Waals surface area contributed by atoms with Crippen molar-refractivity contribution in [3.05, 3.63) is 59.7 Å². The first-order valence-electron chi connectivity index (χ1n) is 15.9. The second kappa shape index (κ2) is 15.7. The van der Waals surface area contributed by atoms with Crippen LogP contribution in [0, 0.1) is 11.8 Å². The third kappa shape index (κ3) is 8.55. The first kappa shape index (κ1) is 34.9. The number of hydrogen-bond donors (Lipinski definition) is 3. The molecule has 2 aromatic carbocycles. The SMILES string of the molecule is COCCN=CC1C(=O)Nc2ccc(S(=O)(=O)N(CC(C)C)CC(O)C(Cc3ccccc3)NC(=O)OC3COC4OCCC34)cc21. The van der Waals surface area contributed by atoms with Gasteiger partial charge in [0.05, 0.1) is 49.3 Å². The van der Waals surface area contributed by atoms with E-state index >= 15 is 0 Å². The average Bonchev–Trinajstić information content (AvgIpc) is 3.74. The number of nitrogens with one attached hydrogen (secondary N) is 2. The number of methoxy groups -OCH3 is 1. The predicted octanol–water partition coefficient (Wildman–Crippen LogP) is 2.55. The van der Waals surface area contributed by atoms with E-state index in [1.54, 1.807) is 13.2 Å². The van der Waals surface area contributed by atoms with Crippen molar-refractivity contribution in [3.8, 4) is 0 Å². The molecule has 0 radical (unpaired) electrons. The number of hydrogen-bond acceptors (Lipinski definition) is 10. The van der Waals surface area contributed by atoms with Gasteiger partial charge < -0.3 is 34.7 Å². The Morgan fingerprint density at radius 3 is 2.72 bits per heavy atom. The van der Waals surface area contributed by atoms with Crippen molar-refractivity contribution in [2.24, 2.45) is 16.8 Å².